The van der Waals surface area contributed by atoms with Gasteiger partial charge in [-0.2, -0.15) is 0 Å². The predicted octanol–water partition coefficient (Wildman–Crippen LogP) is 14.9. The molecule has 0 bridgehead atoms. The molecule has 12 aromatic rings. The number of aromatic nitrogens is 1. The summed E-state index contributed by atoms with van der Waals surface area (Å²) in [6.07, 6.45) is 0. The van der Waals surface area contributed by atoms with Gasteiger partial charge in [0.25, 0.3) is 0 Å². The molecule has 12 rings (SSSR count). The molecule has 0 saturated carbocycles. The number of furan rings is 2. The van der Waals surface area contributed by atoms with E-state index in [-0.39, 0.29) is 0 Å². The van der Waals surface area contributed by atoms with E-state index < -0.39 is 0 Å². The van der Waals surface area contributed by atoms with E-state index in [0.29, 0.717) is 0 Å². The summed E-state index contributed by atoms with van der Waals surface area (Å²) >= 11 is 0. The Labute approximate surface area is 321 Å². The lowest BCUT2D eigenvalue weighted by Crippen LogP contribution is -2.14. The standard InChI is InChI=1S/C52H32N2O2/c1-2-16-34-32-50-41(31-33(34)15-1)39-22-13-21-38(52(39)56-50)37-19-5-9-25-44(37)54(47-28-14-30-49-51(47)40-20-6-12-29-48(40)55-49)46-27-11-10-26-45(46)53-42-23-7-3-17-35(42)36-18-4-8-24-43(36)53/h1-32H. The predicted molar refractivity (Wildman–Crippen MR) is 233 cm³/mol. The summed E-state index contributed by atoms with van der Waals surface area (Å²) < 4.78 is 15.8. The molecule has 0 aliphatic heterocycles. The van der Waals surface area contributed by atoms with Crippen LogP contribution in [0.4, 0.5) is 17.1 Å². The molecule has 0 fully saturated rings. The van der Waals surface area contributed by atoms with Crippen LogP contribution in [0, 0.1) is 0 Å². The molecule has 56 heavy (non-hydrogen) atoms. The second-order valence-electron chi connectivity index (χ2n) is 14.4. The van der Waals surface area contributed by atoms with Gasteiger partial charge in [0.1, 0.15) is 22.3 Å². The minimum Gasteiger partial charge on any atom is -0.456 e. The first kappa shape index (κ1) is 30.9. The van der Waals surface area contributed by atoms with Gasteiger partial charge in [-0.25, -0.2) is 0 Å². The van der Waals surface area contributed by atoms with E-state index in [2.05, 4.69) is 198 Å². The Bertz CT molecular complexity index is 3460. The van der Waals surface area contributed by atoms with Gasteiger partial charge in [0, 0.05) is 38.1 Å². The molecule has 0 spiro atoms. The van der Waals surface area contributed by atoms with E-state index in [1.54, 1.807) is 0 Å². The van der Waals surface area contributed by atoms with Crippen LogP contribution in [-0.2, 0) is 0 Å². The molecule has 0 saturated heterocycles. The van der Waals surface area contributed by atoms with Crippen molar-refractivity contribution in [1.29, 1.82) is 0 Å². The van der Waals surface area contributed by atoms with Crippen LogP contribution < -0.4 is 4.90 Å². The lowest BCUT2D eigenvalue weighted by Gasteiger charge is -2.30. The van der Waals surface area contributed by atoms with Crippen molar-refractivity contribution in [3.63, 3.8) is 0 Å². The zero-order valence-electron chi connectivity index (χ0n) is 30.2. The molecule has 0 aliphatic carbocycles. The SMILES string of the molecule is c1ccc(N(c2ccccc2-n2c3ccccc3c3ccccc32)c2cccc3oc4ccccc4c23)c(-c2cccc3c2oc2cc4ccccc4cc23)c1. The fourth-order valence-electron chi connectivity index (χ4n) is 8.95. The van der Waals surface area contributed by atoms with E-state index in [9.17, 15) is 0 Å². The molecule has 9 aromatic carbocycles. The van der Waals surface area contributed by atoms with Crippen LogP contribution in [0.1, 0.15) is 0 Å². The van der Waals surface area contributed by atoms with Crippen molar-refractivity contribution < 1.29 is 8.83 Å². The zero-order valence-corrected chi connectivity index (χ0v) is 30.2. The molecular weight excluding hydrogens is 685 g/mol. The Morgan fingerprint density at radius 3 is 1.75 bits per heavy atom. The molecule has 4 heteroatoms. The number of nitrogens with zero attached hydrogens (tertiary/aromatic N) is 2. The highest BCUT2D eigenvalue weighted by atomic mass is 16.3. The molecular formula is C52H32N2O2. The monoisotopic (exact) mass is 716 g/mol. The maximum absolute atomic E-state index is 6.85. The average Bonchev–Trinajstić information content (AvgIpc) is 3.93. The summed E-state index contributed by atoms with van der Waals surface area (Å²) in [5, 5.41) is 9.13. The molecule has 0 aliphatic rings. The van der Waals surface area contributed by atoms with Crippen molar-refractivity contribution in [3.05, 3.63) is 194 Å². The smallest absolute Gasteiger partial charge is 0.143 e. The highest BCUT2D eigenvalue weighted by Crippen LogP contribution is 2.49. The minimum atomic E-state index is 0.840. The highest BCUT2D eigenvalue weighted by molar-refractivity contribution is 6.17. The first-order valence-electron chi connectivity index (χ1n) is 19.0. The van der Waals surface area contributed by atoms with Crippen LogP contribution in [0.2, 0.25) is 0 Å². The van der Waals surface area contributed by atoms with Gasteiger partial charge in [0.05, 0.1) is 39.2 Å². The fourth-order valence-corrected chi connectivity index (χ4v) is 8.95. The van der Waals surface area contributed by atoms with Crippen LogP contribution in [0.3, 0.4) is 0 Å². The number of fused-ring (bicyclic) bond motifs is 10. The van der Waals surface area contributed by atoms with Crippen LogP contribution in [0.5, 0.6) is 0 Å². The molecule has 3 aromatic heterocycles. The van der Waals surface area contributed by atoms with E-state index in [1.807, 2.05) is 6.07 Å². The second-order valence-corrected chi connectivity index (χ2v) is 14.4. The zero-order chi connectivity index (χ0) is 36.7. The van der Waals surface area contributed by atoms with Gasteiger partial charge in [-0.3, -0.25) is 0 Å². The maximum Gasteiger partial charge on any atom is 0.143 e. The van der Waals surface area contributed by atoms with Gasteiger partial charge in [0.2, 0.25) is 0 Å². The largest absolute Gasteiger partial charge is 0.456 e. The van der Waals surface area contributed by atoms with Gasteiger partial charge in [-0.1, -0.05) is 133 Å². The van der Waals surface area contributed by atoms with Crippen LogP contribution in [0.25, 0.3) is 93.3 Å². The summed E-state index contributed by atoms with van der Waals surface area (Å²) in [5.74, 6) is 0. The normalized spacial score (nSPS) is 11.9. The van der Waals surface area contributed by atoms with Crippen molar-refractivity contribution in [2.75, 3.05) is 4.90 Å². The third kappa shape index (κ3) is 4.47. The molecule has 4 nitrogen and oxygen atoms in total. The van der Waals surface area contributed by atoms with E-state index in [1.165, 1.54) is 16.2 Å². The van der Waals surface area contributed by atoms with Crippen molar-refractivity contribution >= 4 is 93.5 Å². The van der Waals surface area contributed by atoms with Gasteiger partial charge in [-0.15, -0.1) is 0 Å². The summed E-state index contributed by atoms with van der Waals surface area (Å²) in [6, 6.07) is 69.0. The van der Waals surface area contributed by atoms with E-state index in [0.717, 1.165) is 94.2 Å². The Kier molecular flexibility index (Phi) is 6.60. The Morgan fingerprint density at radius 1 is 0.357 bits per heavy atom. The van der Waals surface area contributed by atoms with Gasteiger partial charge >= 0.3 is 0 Å². The van der Waals surface area contributed by atoms with Crippen LogP contribution in [-0.4, -0.2) is 4.57 Å². The molecule has 0 atom stereocenters. The van der Waals surface area contributed by atoms with Crippen LogP contribution in [0.15, 0.2) is 203 Å². The topological polar surface area (TPSA) is 34.5 Å². The number of anilines is 3. The van der Waals surface area contributed by atoms with Crippen molar-refractivity contribution in [3.8, 4) is 16.8 Å². The number of hydrogen-bond donors (Lipinski definition) is 0. The summed E-state index contributed by atoms with van der Waals surface area (Å²) in [5.41, 5.74) is 12.0. The fraction of sp³-hybridized carbons (Fsp3) is 0. The molecule has 3 heterocycles. The number of hydrogen-bond acceptors (Lipinski definition) is 3. The summed E-state index contributed by atoms with van der Waals surface area (Å²) in [6.45, 7) is 0. The van der Waals surface area contributed by atoms with E-state index in [4.69, 9.17) is 8.83 Å². The van der Waals surface area contributed by atoms with Gasteiger partial charge < -0.3 is 18.3 Å². The number of benzene rings is 9. The number of rotatable bonds is 5. The van der Waals surface area contributed by atoms with Gasteiger partial charge in [-0.05, 0) is 71.4 Å². The Balaban J connectivity index is 1.18. The number of para-hydroxylation sites is 7. The second kappa shape index (κ2) is 12.0. The minimum absolute atomic E-state index is 0.840. The lowest BCUT2D eigenvalue weighted by atomic mass is 9.98. The third-order valence-corrected chi connectivity index (χ3v) is 11.4. The highest BCUT2D eigenvalue weighted by Gasteiger charge is 2.26. The third-order valence-electron chi connectivity index (χ3n) is 11.4. The summed E-state index contributed by atoms with van der Waals surface area (Å²) in [4.78, 5) is 2.42. The maximum atomic E-state index is 6.85. The van der Waals surface area contributed by atoms with Gasteiger partial charge in [0.15, 0.2) is 0 Å². The molecule has 0 N–H and O–H groups in total. The Morgan fingerprint density at radius 2 is 0.929 bits per heavy atom. The van der Waals surface area contributed by atoms with Crippen LogP contribution >= 0.6 is 0 Å². The Hall–Kier alpha value is -7.56. The quantitative estimate of drug-likeness (QED) is 0.178. The average molecular weight is 717 g/mol. The molecule has 0 unspecified atom stereocenters. The van der Waals surface area contributed by atoms with E-state index >= 15 is 0 Å². The van der Waals surface area contributed by atoms with Crippen molar-refractivity contribution in [1.82, 2.24) is 4.57 Å². The molecule has 262 valence electrons. The molecule has 0 radical (unpaired) electrons. The molecule has 0 amide bonds. The summed E-state index contributed by atoms with van der Waals surface area (Å²) in [7, 11) is 0. The van der Waals surface area contributed by atoms with Crippen molar-refractivity contribution in [2.45, 2.75) is 0 Å². The van der Waals surface area contributed by atoms with Crippen molar-refractivity contribution in [2.24, 2.45) is 0 Å². The first-order valence-corrected chi connectivity index (χ1v) is 19.0. The first-order chi connectivity index (χ1) is 27.8. The lowest BCUT2D eigenvalue weighted by molar-refractivity contribution is 0.669.